The fraction of sp³-hybridized carbons (Fsp3) is 0.364. The number of halogens is 3. The summed E-state index contributed by atoms with van der Waals surface area (Å²) >= 11 is 0. The van der Waals surface area contributed by atoms with Gasteiger partial charge in [-0.25, -0.2) is 0 Å². The van der Waals surface area contributed by atoms with E-state index >= 15 is 0 Å². The Bertz CT molecular complexity index is 459. The first-order chi connectivity index (χ1) is 8.46. The summed E-state index contributed by atoms with van der Waals surface area (Å²) in [6.45, 7) is -1.48. The number of ketones is 1. The van der Waals surface area contributed by atoms with Gasteiger partial charge < -0.3 is 14.8 Å². The molecule has 0 radical (unpaired) electrons. The highest BCUT2D eigenvalue weighted by Crippen LogP contribution is 2.32. The Morgan fingerprint density at radius 2 is 2.00 bits per heavy atom. The molecule has 1 aliphatic rings. The van der Waals surface area contributed by atoms with Crippen LogP contribution in [0, 0.1) is 0 Å². The van der Waals surface area contributed by atoms with Crippen LogP contribution in [0.3, 0.4) is 0 Å². The molecule has 0 saturated heterocycles. The topological polar surface area (TPSA) is 47.6 Å². The molecule has 4 nitrogen and oxygen atoms in total. The highest BCUT2D eigenvalue weighted by atomic mass is 19.4. The van der Waals surface area contributed by atoms with Gasteiger partial charge in [-0.3, -0.25) is 4.79 Å². The Labute approximate surface area is 101 Å². The Morgan fingerprint density at radius 1 is 1.28 bits per heavy atom. The van der Waals surface area contributed by atoms with Crippen LogP contribution in [0.25, 0.3) is 0 Å². The molecule has 98 valence electrons. The highest BCUT2D eigenvalue weighted by molar-refractivity contribution is 5.98. The summed E-state index contributed by atoms with van der Waals surface area (Å²) < 4.78 is 45.8. The lowest BCUT2D eigenvalue weighted by atomic mass is 10.1. The number of nitrogens with one attached hydrogen (secondary N) is 1. The summed E-state index contributed by atoms with van der Waals surface area (Å²) in [6.07, 6.45) is -4.32. The normalized spacial score (nSPS) is 13.7. The fourth-order valence-corrected chi connectivity index (χ4v) is 1.49. The van der Waals surface area contributed by atoms with Gasteiger partial charge in [0.15, 0.2) is 17.3 Å². The van der Waals surface area contributed by atoms with Crippen LogP contribution in [-0.4, -0.2) is 31.8 Å². The SMILES string of the molecule is O=C(CNCC(F)(F)F)c1ccc2c(c1)OCO2. The van der Waals surface area contributed by atoms with E-state index < -0.39 is 18.5 Å². The van der Waals surface area contributed by atoms with Crippen molar-refractivity contribution >= 4 is 5.78 Å². The largest absolute Gasteiger partial charge is 0.454 e. The van der Waals surface area contributed by atoms with E-state index in [0.717, 1.165) is 0 Å². The second-order valence-electron chi connectivity index (χ2n) is 3.71. The number of ether oxygens (including phenoxy) is 2. The lowest BCUT2D eigenvalue weighted by Gasteiger charge is -2.07. The van der Waals surface area contributed by atoms with Gasteiger partial charge in [-0.2, -0.15) is 13.2 Å². The highest BCUT2D eigenvalue weighted by Gasteiger charge is 2.26. The molecule has 0 aliphatic carbocycles. The van der Waals surface area contributed by atoms with E-state index in [-0.39, 0.29) is 18.9 Å². The van der Waals surface area contributed by atoms with Crippen LogP contribution in [0.15, 0.2) is 18.2 Å². The predicted molar refractivity (Wildman–Crippen MR) is 55.8 cm³/mol. The lowest BCUT2D eigenvalue weighted by molar-refractivity contribution is -0.124. The first-order valence-corrected chi connectivity index (χ1v) is 5.16. The van der Waals surface area contributed by atoms with Crippen LogP contribution < -0.4 is 14.8 Å². The lowest BCUT2D eigenvalue weighted by Crippen LogP contribution is -2.32. The smallest absolute Gasteiger partial charge is 0.401 e. The number of hydrogen-bond donors (Lipinski definition) is 1. The molecule has 0 spiro atoms. The molecular weight excluding hydrogens is 251 g/mol. The van der Waals surface area contributed by atoms with Gasteiger partial charge in [0.1, 0.15) is 0 Å². The summed E-state index contributed by atoms with van der Waals surface area (Å²) in [5, 5.41) is 2.04. The van der Waals surface area contributed by atoms with Crippen molar-refractivity contribution in [2.24, 2.45) is 0 Å². The number of alkyl halides is 3. The predicted octanol–water partition coefficient (Wildman–Crippen LogP) is 1.75. The Balaban J connectivity index is 1.93. The molecule has 0 unspecified atom stereocenters. The van der Waals surface area contributed by atoms with Gasteiger partial charge in [0.05, 0.1) is 13.1 Å². The van der Waals surface area contributed by atoms with E-state index in [1.54, 1.807) is 6.07 Å². The zero-order valence-corrected chi connectivity index (χ0v) is 9.21. The Kier molecular flexibility index (Phi) is 3.42. The maximum atomic E-state index is 11.9. The van der Waals surface area contributed by atoms with Crippen molar-refractivity contribution in [3.05, 3.63) is 23.8 Å². The van der Waals surface area contributed by atoms with Crippen LogP contribution in [0.4, 0.5) is 13.2 Å². The third kappa shape index (κ3) is 3.13. The maximum Gasteiger partial charge on any atom is 0.401 e. The van der Waals surface area contributed by atoms with E-state index in [1.165, 1.54) is 12.1 Å². The maximum absolute atomic E-state index is 11.9. The molecule has 18 heavy (non-hydrogen) atoms. The summed E-state index contributed by atoms with van der Waals surface area (Å²) in [5.74, 6) is 0.518. The monoisotopic (exact) mass is 261 g/mol. The second kappa shape index (κ2) is 4.85. The third-order valence-corrected chi connectivity index (χ3v) is 2.31. The molecule has 0 atom stereocenters. The number of rotatable bonds is 4. The molecule has 2 rings (SSSR count). The molecule has 1 heterocycles. The van der Waals surface area contributed by atoms with E-state index in [0.29, 0.717) is 11.5 Å². The first kappa shape index (κ1) is 12.7. The standard InChI is InChI=1S/C11H10F3NO3/c12-11(13,14)5-15-4-8(16)7-1-2-9-10(3-7)18-6-17-9/h1-3,15H,4-6H2. The van der Waals surface area contributed by atoms with Crippen molar-refractivity contribution in [3.8, 4) is 11.5 Å². The summed E-state index contributed by atoms with van der Waals surface area (Å²) in [7, 11) is 0. The number of carbonyl (C=O) groups is 1. The van der Waals surface area contributed by atoms with E-state index in [9.17, 15) is 18.0 Å². The second-order valence-corrected chi connectivity index (χ2v) is 3.71. The molecule has 0 aromatic heterocycles. The van der Waals surface area contributed by atoms with Crippen molar-refractivity contribution < 1.29 is 27.4 Å². The van der Waals surface area contributed by atoms with Crippen molar-refractivity contribution in [2.45, 2.75) is 6.18 Å². The number of fused-ring (bicyclic) bond motifs is 1. The van der Waals surface area contributed by atoms with Gasteiger partial charge in [0.25, 0.3) is 0 Å². The first-order valence-electron chi connectivity index (χ1n) is 5.16. The van der Waals surface area contributed by atoms with Crippen LogP contribution in [0.1, 0.15) is 10.4 Å². The number of benzene rings is 1. The van der Waals surface area contributed by atoms with E-state index in [2.05, 4.69) is 0 Å². The van der Waals surface area contributed by atoms with Crippen LogP contribution in [0.5, 0.6) is 11.5 Å². The zero-order chi connectivity index (χ0) is 13.2. The molecular formula is C11H10F3NO3. The van der Waals surface area contributed by atoms with Gasteiger partial charge in [-0.05, 0) is 18.2 Å². The Hall–Kier alpha value is -1.76. The molecule has 1 N–H and O–H groups in total. The van der Waals surface area contributed by atoms with Gasteiger partial charge in [0.2, 0.25) is 6.79 Å². The van der Waals surface area contributed by atoms with E-state index in [1.807, 2.05) is 5.32 Å². The molecule has 1 aliphatic heterocycles. The van der Waals surface area contributed by atoms with Crippen LogP contribution in [-0.2, 0) is 0 Å². The molecule has 0 fully saturated rings. The van der Waals surface area contributed by atoms with Crippen molar-refractivity contribution in [3.63, 3.8) is 0 Å². The molecule has 0 saturated carbocycles. The third-order valence-electron chi connectivity index (χ3n) is 2.31. The minimum Gasteiger partial charge on any atom is -0.454 e. The number of carbonyl (C=O) groups excluding carboxylic acids is 1. The van der Waals surface area contributed by atoms with Crippen LogP contribution >= 0.6 is 0 Å². The number of hydrogen-bond acceptors (Lipinski definition) is 4. The van der Waals surface area contributed by atoms with Gasteiger partial charge in [-0.1, -0.05) is 0 Å². The van der Waals surface area contributed by atoms with Gasteiger partial charge in [0, 0.05) is 5.56 Å². The minimum absolute atomic E-state index is 0.0826. The minimum atomic E-state index is -4.32. The quantitative estimate of drug-likeness (QED) is 0.839. The van der Waals surface area contributed by atoms with Crippen molar-refractivity contribution in [1.82, 2.24) is 5.32 Å². The molecule has 1 aromatic carbocycles. The summed E-state index contributed by atoms with van der Waals surface area (Å²) in [4.78, 5) is 11.6. The van der Waals surface area contributed by atoms with Crippen molar-refractivity contribution in [2.75, 3.05) is 19.9 Å². The van der Waals surface area contributed by atoms with Crippen molar-refractivity contribution in [1.29, 1.82) is 0 Å². The molecule has 1 aromatic rings. The van der Waals surface area contributed by atoms with Gasteiger partial charge >= 0.3 is 6.18 Å². The molecule has 0 bridgehead atoms. The Morgan fingerprint density at radius 3 is 2.72 bits per heavy atom. The summed E-state index contributed by atoms with van der Waals surface area (Å²) in [5.41, 5.74) is 0.286. The average Bonchev–Trinajstić information content (AvgIpc) is 2.73. The van der Waals surface area contributed by atoms with Gasteiger partial charge in [-0.15, -0.1) is 0 Å². The fourth-order valence-electron chi connectivity index (χ4n) is 1.49. The van der Waals surface area contributed by atoms with E-state index in [4.69, 9.17) is 9.47 Å². The molecule has 7 heteroatoms. The van der Waals surface area contributed by atoms with Crippen LogP contribution in [0.2, 0.25) is 0 Å². The number of Topliss-reactive ketones (excluding diaryl/α,β-unsaturated/α-hetero) is 1. The molecule has 0 amide bonds. The average molecular weight is 261 g/mol. The summed E-state index contributed by atoms with van der Waals surface area (Å²) in [6, 6.07) is 4.50. The zero-order valence-electron chi connectivity index (χ0n) is 9.21.